The zero-order chi connectivity index (χ0) is 12.1. The molecular weight excluding hydrogens is 228 g/mol. The highest BCUT2D eigenvalue weighted by molar-refractivity contribution is 7.99. The van der Waals surface area contributed by atoms with Crippen molar-refractivity contribution in [1.82, 2.24) is 4.98 Å². The highest BCUT2D eigenvalue weighted by Gasteiger charge is 2.12. The molecule has 0 bridgehead atoms. The molecule has 6 heteroatoms. The van der Waals surface area contributed by atoms with Gasteiger partial charge in [-0.3, -0.25) is 10.1 Å². The normalized spacial score (nSPS) is 12.4. The molecular formula is C10H14N2O3S. The molecule has 5 nitrogen and oxygen atoms in total. The maximum atomic E-state index is 10.5. The van der Waals surface area contributed by atoms with E-state index in [4.69, 9.17) is 5.11 Å². The van der Waals surface area contributed by atoms with Crippen LogP contribution >= 0.6 is 11.8 Å². The largest absolute Gasteiger partial charge is 0.396 e. The predicted molar refractivity (Wildman–Crippen MR) is 62.7 cm³/mol. The molecule has 1 aromatic heterocycles. The molecule has 88 valence electrons. The second kappa shape index (κ2) is 5.81. The lowest BCUT2D eigenvalue weighted by Crippen LogP contribution is -2.01. The molecule has 1 unspecified atom stereocenters. The summed E-state index contributed by atoms with van der Waals surface area (Å²) in [4.78, 5) is 14.1. The summed E-state index contributed by atoms with van der Waals surface area (Å²) in [5, 5.41) is 20.3. The maximum absolute atomic E-state index is 10.5. The van der Waals surface area contributed by atoms with Gasteiger partial charge in [-0.15, -0.1) is 11.8 Å². The number of pyridine rings is 1. The molecule has 0 aliphatic rings. The molecule has 0 amide bonds. The van der Waals surface area contributed by atoms with Gasteiger partial charge >= 0.3 is 0 Å². The van der Waals surface area contributed by atoms with Crippen LogP contribution in [0.4, 0.5) is 5.69 Å². The van der Waals surface area contributed by atoms with Crippen LogP contribution in [0, 0.1) is 17.0 Å². The summed E-state index contributed by atoms with van der Waals surface area (Å²) < 4.78 is 0. The van der Waals surface area contributed by atoms with Crippen LogP contribution in [0.2, 0.25) is 0 Å². The van der Waals surface area contributed by atoms with Gasteiger partial charge in [-0.2, -0.15) is 0 Å². The fourth-order valence-corrected chi connectivity index (χ4v) is 2.16. The van der Waals surface area contributed by atoms with Gasteiger partial charge in [0.2, 0.25) is 0 Å². The number of nitrogens with zero attached hydrogens (tertiary/aromatic N) is 2. The zero-order valence-corrected chi connectivity index (χ0v) is 10.0. The van der Waals surface area contributed by atoms with Crippen LogP contribution in [-0.2, 0) is 0 Å². The summed E-state index contributed by atoms with van der Waals surface area (Å²) >= 11 is 1.52. The van der Waals surface area contributed by atoms with Gasteiger partial charge in [0, 0.05) is 17.9 Å². The first-order chi connectivity index (χ1) is 7.54. The number of aryl methyl sites for hydroxylation is 1. The molecule has 0 saturated heterocycles. The summed E-state index contributed by atoms with van der Waals surface area (Å²) in [5.41, 5.74) is 0.806. The van der Waals surface area contributed by atoms with Crippen molar-refractivity contribution in [2.45, 2.75) is 30.5 Å². The van der Waals surface area contributed by atoms with Gasteiger partial charge in [0.25, 0.3) is 5.69 Å². The van der Waals surface area contributed by atoms with E-state index in [1.54, 1.807) is 6.92 Å². The fraction of sp³-hybridized carbons (Fsp3) is 0.500. The molecule has 1 aromatic rings. The number of hydrogen-bond donors (Lipinski definition) is 1. The molecule has 0 aromatic carbocycles. The van der Waals surface area contributed by atoms with Crippen molar-refractivity contribution >= 4 is 17.4 Å². The van der Waals surface area contributed by atoms with E-state index < -0.39 is 4.92 Å². The van der Waals surface area contributed by atoms with Crippen LogP contribution < -0.4 is 0 Å². The number of aromatic nitrogens is 1. The summed E-state index contributed by atoms with van der Waals surface area (Å²) in [5.74, 6) is 0. The van der Waals surface area contributed by atoms with Gasteiger partial charge in [0.05, 0.1) is 9.95 Å². The summed E-state index contributed by atoms with van der Waals surface area (Å²) in [6.45, 7) is 3.93. The fourth-order valence-electron chi connectivity index (χ4n) is 1.20. The number of thioether (sulfide) groups is 1. The van der Waals surface area contributed by atoms with Gasteiger partial charge in [0.15, 0.2) is 0 Å². The number of hydrogen-bond acceptors (Lipinski definition) is 5. The summed E-state index contributed by atoms with van der Waals surface area (Å²) in [7, 11) is 0. The molecule has 0 aliphatic heterocycles. The first-order valence-corrected chi connectivity index (χ1v) is 5.81. The van der Waals surface area contributed by atoms with Gasteiger partial charge in [-0.25, -0.2) is 4.98 Å². The lowest BCUT2D eigenvalue weighted by atomic mass is 10.3. The van der Waals surface area contributed by atoms with Crippen LogP contribution in [0.5, 0.6) is 0 Å². The van der Waals surface area contributed by atoms with Gasteiger partial charge < -0.3 is 5.11 Å². The van der Waals surface area contributed by atoms with Crippen LogP contribution in [0.1, 0.15) is 18.9 Å². The molecule has 0 spiro atoms. The Hall–Kier alpha value is -1.14. The first kappa shape index (κ1) is 12.9. The molecule has 0 aliphatic carbocycles. The minimum Gasteiger partial charge on any atom is -0.396 e. The molecule has 16 heavy (non-hydrogen) atoms. The van der Waals surface area contributed by atoms with Crippen molar-refractivity contribution in [1.29, 1.82) is 0 Å². The predicted octanol–water partition coefficient (Wildman–Crippen LogP) is 2.16. The van der Waals surface area contributed by atoms with Crippen molar-refractivity contribution in [3.63, 3.8) is 0 Å². The highest BCUT2D eigenvalue weighted by Crippen LogP contribution is 2.27. The number of aliphatic hydroxyl groups excluding tert-OH is 1. The van der Waals surface area contributed by atoms with E-state index in [0.29, 0.717) is 6.42 Å². The van der Waals surface area contributed by atoms with Crippen molar-refractivity contribution in [2.24, 2.45) is 0 Å². The maximum Gasteiger partial charge on any atom is 0.287 e. The van der Waals surface area contributed by atoms with E-state index in [9.17, 15) is 10.1 Å². The SMILES string of the molecule is Cc1cc([N+](=O)[O-])cnc1SC(C)CCO. The van der Waals surface area contributed by atoms with E-state index in [2.05, 4.69) is 4.98 Å². The van der Waals surface area contributed by atoms with Crippen LogP contribution in [-0.4, -0.2) is 26.9 Å². The Kier molecular flexibility index (Phi) is 4.70. The topological polar surface area (TPSA) is 76.3 Å². The standard InChI is InChI=1S/C10H14N2O3S/c1-7-5-9(12(14)15)6-11-10(7)16-8(2)3-4-13/h5-6,8,13H,3-4H2,1-2H3. The van der Waals surface area contributed by atoms with E-state index in [-0.39, 0.29) is 17.5 Å². The quantitative estimate of drug-likeness (QED) is 0.486. The third-order valence-electron chi connectivity index (χ3n) is 2.08. The molecule has 0 radical (unpaired) electrons. The van der Waals surface area contributed by atoms with Crippen LogP contribution in [0.15, 0.2) is 17.3 Å². The third-order valence-corrected chi connectivity index (χ3v) is 3.36. The lowest BCUT2D eigenvalue weighted by Gasteiger charge is -2.10. The Labute approximate surface area is 98.0 Å². The van der Waals surface area contributed by atoms with Crippen molar-refractivity contribution in [3.8, 4) is 0 Å². The van der Waals surface area contributed by atoms with E-state index >= 15 is 0 Å². The molecule has 0 fully saturated rings. The van der Waals surface area contributed by atoms with Crippen LogP contribution in [0.3, 0.4) is 0 Å². The second-order valence-electron chi connectivity index (χ2n) is 3.51. The van der Waals surface area contributed by atoms with E-state index in [1.807, 2.05) is 6.92 Å². The summed E-state index contributed by atoms with van der Waals surface area (Å²) in [6, 6.07) is 1.51. The zero-order valence-electron chi connectivity index (χ0n) is 9.21. The van der Waals surface area contributed by atoms with Gasteiger partial charge in [-0.05, 0) is 18.9 Å². The Morgan fingerprint density at radius 1 is 1.69 bits per heavy atom. The Morgan fingerprint density at radius 3 is 2.88 bits per heavy atom. The highest BCUT2D eigenvalue weighted by atomic mass is 32.2. The third kappa shape index (κ3) is 3.46. The number of rotatable bonds is 5. The van der Waals surface area contributed by atoms with Gasteiger partial charge in [0.1, 0.15) is 6.20 Å². The van der Waals surface area contributed by atoms with Crippen molar-refractivity contribution in [3.05, 3.63) is 27.9 Å². The first-order valence-electron chi connectivity index (χ1n) is 4.93. The average Bonchev–Trinajstić information content (AvgIpc) is 2.21. The minimum atomic E-state index is -0.453. The van der Waals surface area contributed by atoms with Crippen molar-refractivity contribution in [2.75, 3.05) is 6.61 Å². The molecule has 1 atom stereocenters. The minimum absolute atomic E-state index is 0.0108. The second-order valence-corrected chi connectivity index (χ2v) is 4.94. The molecule has 1 rings (SSSR count). The van der Waals surface area contributed by atoms with Gasteiger partial charge in [-0.1, -0.05) is 6.92 Å². The monoisotopic (exact) mass is 242 g/mol. The Bertz CT molecular complexity index is 384. The molecule has 1 N–H and O–H groups in total. The number of aliphatic hydroxyl groups is 1. The van der Waals surface area contributed by atoms with Crippen LogP contribution in [0.25, 0.3) is 0 Å². The van der Waals surface area contributed by atoms with E-state index in [0.717, 1.165) is 10.6 Å². The Balaban J connectivity index is 2.79. The molecule has 0 saturated carbocycles. The molecule has 1 heterocycles. The summed E-state index contributed by atoms with van der Waals surface area (Å²) in [6.07, 6.45) is 1.95. The Morgan fingerprint density at radius 2 is 2.38 bits per heavy atom. The van der Waals surface area contributed by atoms with E-state index in [1.165, 1.54) is 24.0 Å². The lowest BCUT2D eigenvalue weighted by molar-refractivity contribution is -0.385. The smallest absolute Gasteiger partial charge is 0.287 e. The number of nitro groups is 1. The average molecular weight is 242 g/mol. The van der Waals surface area contributed by atoms with Crippen molar-refractivity contribution < 1.29 is 10.0 Å².